The molecule has 24 heavy (non-hydrogen) atoms. The second-order valence-electron chi connectivity index (χ2n) is 5.71. The quantitative estimate of drug-likeness (QED) is 0.771. The Labute approximate surface area is 152 Å². The van der Waals surface area contributed by atoms with E-state index in [1.54, 1.807) is 18.2 Å². The van der Waals surface area contributed by atoms with Gasteiger partial charge in [0, 0.05) is 12.6 Å². The highest BCUT2D eigenvalue weighted by molar-refractivity contribution is 6.42. The van der Waals surface area contributed by atoms with Gasteiger partial charge in [0.1, 0.15) is 0 Å². The fourth-order valence-corrected chi connectivity index (χ4v) is 2.69. The lowest BCUT2D eigenvalue weighted by Crippen LogP contribution is -2.34. The third-order valence-electron chi connectivity index (χ3n) is 3.46. The number of likely N-dealkylation sites (N-methyl/N-ethyl adjacent to an activating group) is 1. The van der Waals surface area contributed by atoms with Gasteiger partial charge >= 0.3 is 0 Å². The van der Waals surface area contributed by atoms with Gasteiger partial charge in [0.25, 0.3) is 0 Å². The standard InChI is InChI=1S/C19H20Cl2N2O/c1-23(2)13-17(14-7-4-3-5-8-14)22-18(24)12-11-15-9-6-10-16(20)19(15)21/h3-12,17H,13H2,1-2H3,(H,22,24)/b12-11+. The zero-order chi connectivity index (χ0) is 17.5. The lowest BCUT2D eigenvalue weighted by Gasteiger charge is -2.22. The minimum atomic E-state index is -0.179. The first kappa shape index (κ1) is 18.5. The number of rotatable bonds is 6. The molecule has 1 unspecified atom stereocenters. The number of benzene rings is 2. The highest BCUT2D eigenvalue weighted by Crippen LogP contribution is 2.26. The zero-order valence-electron chi connectivity index (χ0n) is 13.7. The third-order valence-corrected chi connectivity index (χ3v) is 4.30. The van der Waals surface area contributed by atoms with E-state index in [1.165, 1.54) is 6.08 Å². The molecule has 2 aromatic carbocycles. The van der Waals surface area contributed by atoms with Crippen molar-refractivity contribution in [2.24, 2.45) is 0 Å². The average Bonchev–Trinajstić information content (AvgIpc) is 2.56. The van der Waals surface area contributed by atoms with Crippen LogP contribution in [0.2, 0.25) is 10.0 Å². The normalized spacial score (nSPS) is 12.5. The first-order chi connectivity index (χ1) is 11.5. The van der Waals surface area contributed by atoms with Crippen LogP contribution in [0.5, 0.6) is 0 Å². The van der Waals surface area contributed by atoms with Crippen molar-refractivity contribution in [2.45, 2.75) is 6.04 Å². The van der Waals surface area contributed by atoms with Crippen molar-refractivity contribution in [2.75, 3.05) is 20.6 Å². The molecule has 0 saturated heterocycles. The van der Waals surface area contributed by atoms with Crippen LogP contribution < -0.4 is 5.32 Å². The number of amides is 1. The number of nitrogens with one attached hydrogen (secondary N) is 1. The van der Waals surface area contributed by atoms with E-state index in [2.05, 4.69) is 5.32 Å². The van der Waals surface area contributed by atoms with E-state index < -0.39 is 0 Å². The summed E-state index contributed by atoms with van der Waals surface area (Å²) in [5.41, 5.74) is 1.77. The lowest BCUT2D eigenvalue weighted by atomic mass is 10.1. The Hall–Kier alpha value is -1.81. The second kappa shape index (κ2) is 8.88. The fourth-order valence-electron chi connectivity index (χ4n) is 2.32. The van der Waals surface area contributed by atoms with Crippen molar-refractivity contribution in [3.63, 3.8) is 0 Å². The van der Waals surface area contributed by atoms with Gasteiger partial charge in [-0.15, -0.1) is 0 Å². The van der Waals surface area contributed by atoms with Crippen LogP contribution in [0.3, 0.4) is 0 Å². The molecule has 0 spiro atoms. The molecule has 0 heterocycles. The summed E-state index contributed by atoms with van der Waals surface area (Å²) in [7, 11) is 3.95. The lowest BCUT2D eigenvalue weighted by molar-refractivity contribution is -0.117. The fraction of sp³-hybridized carbons (Fsp3) is 0.211. The van der Waals surface area contributed by atoms with E-state index in [1.807, 2.05) is 55.4 Å². The van der Waals surface area contributed by atoms with Crippen molar-refractivity contribution < 1.29 is 4.79 Å². The van der Waals surface area contributed by atoms with E-state index in [9.17, 15) is 4.79 Å². The molecule has 5 heteroatoms. The second-order valence-corrected chi connectivity index (χ2v) is 6.50. The maximum absolute atomic E-state index is 12.3. The number of halogens is 2. The molecule has 0 aliphatic rings. The number of hydrogen-bond donors (Lipinski definition) is 1. The van der Waals surface area contributed by atoms with E-state index >= 15 is 0 Å². The maximum atomic E-state index is 12.3. The highest BCUT2D eigenvalue weighted by atomic mass is 35.5. The molecular formula is C19H20Cl2N2O. The molecule has 1 N–H and O–H groups in total. The highest BCUT2D eigenvalue weighted by Gasteiger charge is 2.14. The summed E-state index contributed by atoms with van der Waals surface area (Å²) in [6, 6.07) is 15.1. The molecule has 2 rings (SSSR count). The Balaban J connectivity index is 2.10. The Morgan fingerprint density at radius 1 is 1.12 bits per heavy atom. The van der Waals surface area contributed by atoms with Crippen LogP contribution in [-0.2, 0) is 4.79 Å². The monoisotopic (exact) mass is 362 g/mol. The van der Waals surface area contributed by atoms with Crippen molar-refractivity contribution in [1.29, 1.82) is 0 Å². The summed E-state index contributed by atoms with van der Waals surface area (Å²) in [4.78, 5) is 14.3. The number of carbonyl (C=O) groups is 1. The van der Waals surface area contributed by atoms with Crippen LogP contribution in [0.4, 0.5) is 0 Å². The van der Waals surface area contributed by atoms with Crippen molar-refractivity contribution >= 4 is 35.2 Å². The number of nitrogens with zero attached hydrogens (tertiary/aromatic N) is 1. The van der Waals surface area contributed by atoms with Crippen LogP contribution in [-0.4, -0.2) is 31.4 Å². The largest absolute Gasteiger partial charge is 0.344 e. The summed E-state index contributed by atoms with van der Waals surface area (Å²) in [5.74, 6) is -0.179. The molecular weight excluding hydrogens is 343 g/mol. The summed E-state index contributed by atoms with van der Waals surface area (Å²) in [5, 5.41) is 3.93. The van der Waals surface area contributed by atoms with Gasteiger partial charge in [-0.05, 0) is 37.4 Å². The molecule has 0 saturated carbocycles. The molecule has 0 radical (unpaired) electrons. The van der Waals surface area contributed by atoms with Gasteiger partial charge in [0.15, 0.2) is 0 Å². The summed E-state index contributed by atoms with van der Waals surface area (Å²) in [6.07, 6.45) is 3.14. The molecule has 0 aromatic heterocycles. The molecule has 1 amide bonds. The molecule has 0 aliphatic carbocycles. The van der Waals surface area contributed by atoms with Gasteiger partial charge in [-0.25, -0.2) is 0 Å². The van der Waals surface area contributed by atoms with E-state index in [4.69, 9.17) is 23.2 Å². The molecule has 0 aliphatic heterocycles. The minimum Gasteiger partial charge on any atom is -0.344 e. The van der Waals surface area contributed by atoms with Crippen molar-refractivity contribution in [3.05, 3.63) is 75.8 Å². The first-order valence-electron chi connectivity index (χ1n) is 7.59. The Bertz CT molecular complexity index is 715. The zero-order valence-corrected chi connectivity index (χ0v) is 15.2. The van der Waals surface area contributed by atoms with Crippen molar-refractivity contribution in [1.82, 2.24) is 10.2 Å². The molecule has 3 nitrogen and oxygen atoms in total. The van der Waals surface area contributed by atoms with E-state index in [-0.39, 0.29) is 11.9 Å². The topological polar surface area (TPSA) is 32.3 Å². The van der Waals surface area contributed by atoms with Crippen LogP contribution in [0.25, 0.3) is 6.08 Å². The Morgan fingerprint density at radius 2 is 1.83 bits per heavy atom. The molecule has 1 atom stereocenters. The maximum Gasteiger partial charge on any atom is 0.244 e. The van der Waals surface area contributed by atoms with Gasteiger partial charge in [0.05, 0.1) is 16.1 Å². The van der Waals surface area contributed by atoms with Gasteiger partial charge in [0.2, 0.25) is 5.91 Å². The van der Waals surface area contributed by atoms with Gasteiger partial charge < -0.3 is 10.2 Å². The van der Waals surface area contributed by atoms with Gasteiger partial charge in [-0.1, -0.05) is 65.7 Å². The minimum absolute atomic E-state index is 0.0896. The average molecular weight is 363 g/mol. The van der Waals surface area contributed by atoms with Crippen LogP contribution >= 0.6 is 23.2 Å². The first-order valence-corrected chi connectivity index (χ1v) is 8.35. The summed E-state index contributed by atoms with van der Waals surface area (Å²) >= 11 is 12.1. The predicted molar refractivity (Wildman–Crippen MR) is 101 cm³/mol. The van der Waals surface area contributed by atoms with Crippen molar-refractivity contribution in [3.8, 4) is 0 Å². The smallest absolute Gasteiger partial charge is 0.244 e. The number of carbonyl (C=O) groups excluding carboxylic acids is 1. The Morgan fingerprint density at radius 3 is 2.50 bits per heavy atom. The summed E-state index contributed by atoms with van der Waals surface area (Å²) < 4.78 is 0. The molecule has 2 aromatic rings. The van der Waals surface area contributed by atoms with E-state index in [0.29, 0.717) is 22.2 Å². The van der Waals surface area contributed by atoms with E-state index in [0.717, 1.165) is 5.56 Å². The molecule has 0 fully saturated rings. The number of hydrogen-bond acceptors (Lipinski definition) is 2. The van der Waals surface area contributed by atoms with Gasteiger partial charge in [-0.2, -0.15) is 0 Å². The van der Waals surface area contributed by atoms with Crippen LogP contribution in [0.15, 0.2) is 54.6 Å². The molecule has 126 valence electrons. The van der Waals surface area contributed by atoms with Crippen LogP contribution in [0.1, 0.15) is 17.2 Å². The SMILES string of the molecule is CN(C)CC(NC(=O)/C=C/c1cccc(Cl)c1Cl)c1ccccc1. The van der Waals surface area contributed by atoms with Gasteiger partial charge in [-0.3, -0.25) is 4.79 Å². The predicted octanol–water partition coefficient (Wildman–Crippen LogP) is 4.43. The summed E-state index contributed by atoms with van der Waals surface area (Å²) in [6.45, 7) is 0.710. The van der Waals surface area contributed by atoms with Crippen LogP contribution in [0, 0.1) is 0 Å². The third kappa shape index (κ3) is 5.38. The molecule has 0 bridgehead atoms. The Kier molecular flexibility index (Phi) is 6.85.